The summed E-state index contributed by atoms with van der Waals surface area (Å²) in [5.41, 5.74) is 29.2. The molecule has 10 aromatic carbocycles. The second-order valence-corrected chi connectivity index (χ2v) is 36.0. The second-order valence-electron chi connectivity index (χ2n) is 36.0. The number of rotatable bonds is 27. The molecule has 0 amide bonds. The zero-order chi connectivity index (χ0) is 93.0. The van der Waals surface area contributed by atoms with Gasteiger partial charge in [0.05, 0.1) is 53.1 Å². The average Bonchev–Trinajstić information content (AvgIpc) is 1.71. The van der Waals surface area contributed by atoms with Gasteiger partial charge in [-0.15, -0.1) is 89.5 Å². The Morgan fingerprint density at radius 2 is 0.620 bits per heavy atom. The molecule has 3 aliphatic heterocycles. The summed E-state index contributed by atoms with van der Waals surface area (Å²) < 4.78 is 6.51. The summed E-state index contributed by atoms with van der Waals surface area (Å²) >= 11 is 0. The molecule has 0 unspecified atom stereocenters. The Bertz CT molecular complexity index is 6750. The topological polar surface area (TPSA) is 121 Å². The van der Waals surface area contributed by atoms with Crippen LogP contribution in [0.2, 0.25) is 0 Å². The molecule has 700 valence electrons. The first kappa shape index (κ1) is 99.7. The maximum atomic E-state index is 5.10. The van der Waals surface area contributed by atoms with Crippen molar-refractivity contribution in [2.75, 3.05) is 35.8 Å². The summed E-state index contributed by atoms with van der Waals surface area (Å²) in [7, 11) is 6.07. The van der Waals surface area contributed by atoms with Gasteiger partial charge in [-0.05, 0) is 255 Å². The van der Waals surface area contributed by atoms with Gasteiger partial charge in [-0.3, -0.25) is 15.0 Å². The molecule has 0 atom stereocenters. The van der Waals surface area contributed by atoms with Crippen molar-refractivity contribution < 1.29 is 63.2 Å². The van der Waals surface area contributed by atoms with Crippen LogP contribution in [0.25, 0.3) is 62.0 Å². The maximum absolute atomic E-state index is 5.10. The average molecular weight is 2350 g/mol. The number of pyridine rings is 3. The second kappa shape index (κ2) is 45.6. The molecule has 0 spiro atoms. The minimum absolute atomic E-state index is 0. The Kier molecular flexibility index (Phi) is 33.2. The van der Waals surface area contributed by atoms with Crippen molar-refractivity contribution >= 4 is 51.6 Å². The summed E-state index contributed by atoms with van der Waals surface area (Å²) in [4.78, 5) is 48.9. The summed E-state index contributed by atoms with van der Waals surface area (Å²) in [5, 5.41) is 0. The number of aryl methyl sites for hydroxylation is 2. The van der Waals surface area contributed by atoms with Gasteiger partial charge in [-0.2, -0.15) is 20.0 Å². The van der Waals surface area contributed by atoms with Crippen LogP contribution in [-0.4, -0.2) is 94.1 Å². The van der Waals surface area contributed by atoms with Crippen LogP contribution in [0.5, 0.6) is 0 Å². The molecule has 21 heteroatoms. The molecule has 0 fully saturated rings. The minimum atomic E-state index is 0. The molecule has 16 aromatic rings. The van der Waals surface area contributed by atoms with Crippen LogP contribution in [0, 0.1) is 52.1 Å². The Balaban J connectivity index is 0.000000163. The number of imidazole rings is 3. The Hall–Kier alpha value is -13.2. The van der Waals surface area contributed by atoms with E-state index < -0.39 is 0 Å². The van der Waals surface area contributed by atoms with Crippen molar-refractivity contribution in [1.29, 1.82) is 0 Å². The normalized spacial score (nSPS) is 12.6. The predicted molar refractivity (Wildman–Crippen MR) is 547 cm³/mol. The quantitative estimate of drug-likeness (QED) is 0.0454. The van der Waals surface area contributed by atoms with Crippen LogP contribution in [-0.2, 0) is 82.8 Å². The molecule has 0 radical (unpaired) electrons. The fourth-order valence-electron chi connectivity index (χ4n) is 17.4. The van der Waals surface area contributed by atoms with Crippen LogP contribution in [0.4, 0.5) is 51.6 Å². The van der Waals surface area contributed by atoms with Crippen molar-refractivity contribution in [3.63, 3.8) is 0 Å². The third-order valence-electron chi connectivity index (χ3n) is 24.1. The summed E-state index contributed by atoms with van der Waals surface area (Å²) in [6.45, 7) is 35.2. The van der Waals surface area contributed by atoms with E-state index in [1.165, 1.54) is 61.4 Å². The number of para-hydroxylation sites is 4. The summed E-state index contributed by atoms with van der Waals surface area (Å²) in [6, 6.07) is 106. The van der Waals surface area contributed by atoms with E-state index in [1.54, 1.807) is 0 Å². The van der Waals surface area contributed by atoms with Crippen molar-refractivity contribution in [2.45, 2.75) is 132 Å². The molecular formula is C116H116N18Pt3. The van der Waals surface area contributed by atoms with E-state index in [-0.39, 0.29) is 63.2 Å². The standard InChI is InChI=1S/C40H36N6.C40H44N6.C36H36N6.3Pt/c1-30(2)36-20-12-21-37(31-13-6-4-7-14-31)40(36)45-27-38(41-28-45)32-15-10-19-35(25-32)46(34-17-8-5-9-18-34)39-22-11-16-33(42-39)26-44-24-23-43(3)29-44;1-28(2)32-22-36(29(3)4)40(37(23-32)30(5)6)45-25-38(41-26-45)31-13-11-17-35(21-31)46(34-15-9-8-10-16-34)39-18-12-14-33(42-39)24-44-20-19-43(7)27-44;1-26(2)30-19-27(3)36(28(4)20-30)41-23-34(37-24-41)29-11-9-15-33(21-29)42(32-13-7-6-8-14-32)35-16-10-12-31(38-35)22-40-18-17-39(5)25-40;;;/h4-24,27-30H,26H2,1-3H3;8-20,22-23,25-30H,24H2,1-7H3;6-20,23-26H,22H2,1-5H3;;;/q3*-2;3*+2. The molecule has 0 aliphatic carbocycles. The van der Waals surface area contributed by atoms with Gasteiger partial charge >= 0.3 is 63.2 Å². The smallest absolute Gasteiger partial charge is 0.511 e. The number of anilines is 9. The van der Waals surface area contributed by atoms with Gasteiger partial charge in [0.15, 0.2) is 0 Å². The fraction of sp³-hybridized carbons (Fsp3) is 0.198. The van der Waals surface area contributed by atoms with Crippen LogP contribution in [0.15, 0.2) is 348 Å². The number of benzene rings is 10. The predicted octanol–water partition coefficient (Wildman–Crippen LogP) is 27.5. The van der Waals surface area contributed by atoms with E-state index in [0.717, 1.165) is 108 Å². The van der Waals surface area contributed by atoms with E-state index in [4.69, 9.17) is 29.9 Å². The van der Waals surface area contributed by atoms with E-state index in [0.29, 0.717) is 49.2 Å². The van der Waals surface area contributed by atoms with E-state index >= 15 is 0 Å². The largest absolute Gasteiger partial charge is 2.00 e. The van der Waals surface area contributed by atoms with Gasteiger partial charge in [0.1, 0.15) is 17.5 Å². The first-order valence-electron chi connectivity index (χ1n) is 46.2. The Labute approximate surface area is 852 Å². The molecule has 0 saturated heterocycles. The van der Waals surface area contributed by atoms with Crippen LogP contribution < -0.4 is 14.7 Å². The first-order valence-corrected chi connectivity index (χ1v) is 46.2. The van der Waals surface area contributed by atoms with Gasteiger partial charge in [0.2, 0.25) is 0 Å². The monoisotopic (exact) mass is 2350 g/mol. The molecule has 9 heterocycles. The number of hydrogen-bond donors (Lipinski definition) is 0. The molecule has 0 bridgehead atoms. The van der Waals surface area contributed by atoms with E-state index in [1.807, 2.05) is 122 Å². The molecule has 3 aliphatic rings. The Morgan fingerprint density at radius 3 is 0.949 bits per heavy atom. The molecular weight excluding hydrogens is 2230 g/mol. The van der Waals surface area contributed by atoms with Gasteiger partial charge < -0.3 is 57.8 Å². The number of nitrogens with zero attached hydrogens (tertiary/aromatic N) is 18. The molecule has 19 rings (SSSR count). The zero-order valence-electron chi connectivity index (χ0n) is 80.1. The number of hydrogen-bond acceptors (Lipinski definition) is 15. The molecule has 0 saturated carbocycles. The van der Waals surface area contributed by atoms with Gasteiger partial charge in [-0.1, -0.05) is 215 Å². The molecule has 0 N–H and O–H groups in total. The van der Waals surface area contributed by atoms with Gasteiger partial charge in [0, 0.05) is 59.3 Å². The SMILES string of the molecule is CC(C)c1cc(C(C)C)c(-n2cnc(-c3[c-]c(N(c4ccccc4)c4cccc(CN5C=CN(C)[CH-]5)n4)ccc3)c2)c(C(C)C)c1.CC(C)c1cccc(-c2ccccc2)c1-n1cnc(-c2[c-]c(N(c3ccccc3)c3cccc(CN4C=CN(C)[CH-]4)n3)ccc2)c1.Cc1cc(C(C)C)cc(C)c1-n1cnc(-c2[c-]c(N(c3ccccc3)c3cccc(CN4C=CN(C)[CH-]4)n3)ccc2)c1.[Pt+2].[Pt+2].[Pt+2]. The van der Waals surface area contributed by atoms with Crippen LogP contribution >= 0.6 is 0 Å². The number of aromatic nitrogens is 9. The first-order chi connectivity index (χ1) is 65.1. The molecule has 6 aromatic heterocycles. The third kappa shape index (κ3) is 23.7. The van der Waals surface area contributed by atoms with Crippen molar-refractivity contribution in [3.05, 3.63) is 442 Å². The van der Waals surface area contributed by atoms with Crippen molar-refractivity contribution in [3.8, 4) is 62.0 Å². The van der Waals surface area contributed by atoms with Crippen LogP contribution in [0.3, 0.4) is 0 Å². The minimum Gasteiger partial charge on any atom is -0.511 e. The summed E-state index contributed by atoms with van der Waals surface area (Å²) in [6.07, 6.45) is 24.4. The van der Waals surface area contributed by atoms with Gasteiger partial charge in [-0.25, -0.2) is 15.0 Å². The third-order valence-corrected chi connectivity index (χ3v) is 24.1. The maximum Gasteiger partial charge on any atom is 2.00 e. The fourth-order valence-corrected chi connectivity index (χ4v) is 17.4. The molecule has 137 heavy (non-hydrogen) atoms. The van der Waals surface area contributed by atoms with Crippen LogP contribution in [0.1, 0.15) is 155 Å². The van der Waals surface area contributed by atoms with E-state index in [9.17, 15) is 0 Å². The Morgan fingerprint density at radius 1 is 0.307 bits per heavy atom. The van der Waals surface area contributed by atoms with Crippen molar-refractivity contribution in [1.82, 2.24) is 73.0 Å². The summed E-state index contributed by atoms with van der Waals surface area (Å²) in [5.74, 6) is 4.59. The van der Waals surface area contributed by atoms with Crippen molar-refractivity contribution in [2.24, 2.45) is 0 Å². The van der Waals surface area contributed by atoms with E-state index in [2.05, 4.69) is 426 Å². The zero-order valence-corrected chi connectivity index (χ0v) is 87.0. The molecule has 18 nitrogen and oxygen atoms in total. The van der Waals surface area contributed by atoms with Gasteiger partial charge in [0.25, 0.3) is 0 Å².